The van der Waals surface area contributed by atoms with Gasteiger partial charge in [0.15, 0.2) is 5.90 Å². The van der Waals surface area contributed by atoms with E-state index in [0.717, 1.165) is 25.4 Å². The first-order valence-electron chi connectivity index (χ1n) is 6.97. The molecule has 102 valence electrons. The van der Waals surface area contributed by atoms with E-state index in [0.29, 0.717) is 18.1 Å². The van der Waals surface area contributed by atoms with Crippen LogP contribution in [0.3, 0.4) is 0 Å². The van der Waals surface area contributed by atoms with Crippen molar-refractivity contribution in [2.45, 2.75) is 25.3 Å². The number of benzene rings is 1. The third kappa shape index (κ3) is 2.95. The third-order valence-electron chi connectivity index (χ3n) is 3.89. The van der Waals surface area contributed by atoms with Gasteiger partial charge in [-0.05, 0) is 37.9 Å². The Morgan fingerprint density at radius 1 is 1.26 bits per heavy atom. The summed E-state index contributed by atoms with van der Waals surface area (Å²) in [7, 11) is 0. The molecule has 2 heterocycles. The second-order valence-electron chi connectivity index (χ2n) is 5.27. The van der Waals surface area contributed by atoms with Gasteiger partial charge < -0.3 is 10.1 Å². The second-order valence-corrected chi connectivity index (χ2v) is 5.27. The molecule has 3 rings (SSSR count). The van der Waals surface area contributed by atoms with E-state index in [-0.39, 0.29) is 11.9 Å². The number of nitrogens with zero attached hydrogens (tertiary/aromatic N) is 1. The Bertz CT molecular complexity index is 469. The molecule has 1 N–H and O–H groups in total. The van der Waals surface area contributed by atoms with Crippen LogP contribution in [0, 0.1) is 11.7 Å². The predicted molar refractivity (Wildman–Crippen MR) is 72.7 cm³/mol. The Labute approximate surface area is 112 Å². The van der Waals surface area contributed by atoms with E-state index in [1.54, 1.807) is 12.1 Å². The number of rotatable bonds is 3. The Morgan fingerprint density at radius 3 is 2.84 bits per heavy atom. The maximum Gasteiger partial charge on any atom is 0.184 e. The minimum absolute atomic E-state index is 0.169. The van der Waals surface area contributed by atoms with Crippen molar-refractivity contribution in [3.8, 4) is 0 Å². The zero-order valence-electron chi connectivity index (χ0n) is 10.9. The van der Waals surface area contributed by atoms with Gasteiger partial charge in [0.1, 0.15) is 18.5 Å². The van der Waals surface area contributed by atoms with Crippen molar-refractivity contribution in [2.24, 2.45) is 10.9 Å². The number of hydrogen-bond acceptors (Lipinski definition) is 3. The molecule has 0 saturated carbocycles. The van der Waals surface area contributed by atoms with Crippen molar-refractivity contribution in [3.05, 3.63) is 35.6 Å². The Hall–Kier alpha value is -1.42. The molecule has 1 aromatic carbocycles. The fourth-order valence-electron chi connectivity index (χ4n) is 2.77. The van der Waals surface area contributed by atoms with Crippen molar-refractivity contribution >= 4 is 5.90 Å². The van der Waals surface area contributed by atoms with Crippen LogP contribution in [0.4, 0.5) is 4.39 Å². The van der Waals surface area contributed by atoms with Crippen LogP contribution in [-0.4, -0.2) is 25.6 Å². The number of piperidine rings is 1. The second kappa shape index (κ2) is 5.70. The van der Waals surface area contributed by atoms with Gasteiger partial charge >= 0.3 is 0 Å². The van der Waals surface area contributed by atoms with Crippen molar-refractivity contribution in [1.29, 1.82) is 0 Å². The summed E-state index contributed by atoms with van der Waals surface area (Å²) in [5, 5.41) is 3.35. The van der Waals surface area contributed by atoms with E-state index in [9.17, 15) is 4.39 Å². The van der Waals surface area contributed by atoms with E-state index >= 15 is 0 Å². The van der Waals surface area contributed by atoms with Crippen molar-refractivity contribution in [1.82, 2.24) is 5.32 Å². The molecule has 1 aromatic rings. The molecule has 0 amide bonds. The molecule has 1 fully saturated rings. The maximum atomic E-state index is 13.7. The fourth-order valence-corrected chi connectivity index (χ4v) is 2.77. The minimum Gasteiger partial charge on any atom is -0.478 e. The van der Waals surface area contributed by atoms with Crippen molar-refractivity contribution in [3.63, 3.8) is 0 Å². The van der Waals surface area contributed by atoms with Crippen LogP contribution in [0.2, 0.25) is 0 Å². The molecule has 19 heavy (non-hydrogen) atoms. The van der Waals surface area contributed by atoms with Crippen LogP contribution in [0.15, 0.2) is 29.3 Å². The van der Waals surface area contributed by atoms with Crippen LogP contribution < -0.4 is 5.32 Å². The number of halogens is 1. The van der Waals surface area contributed by atoms with Gasteiger partial charge in [-0.25, -0.2) is 9.38 Å². The summed E-state index contributed by atoms with van der Waals surface area (Å²) in [4.78, 5) is 4.55. The number of hydrogen-bond donors (Lipinski definition) is 1. The summed E-state index contributed by atoms with van der Waals surface area (Å²) >= 11 is 0. The van der Waals surface area contributed by atoms with E-state index in [1.807, 2.05) is 6.07 Å². The highest BCUT2D eigenvalue weighted by atomic mass is 19.1. The number of aliphatic imine (C=N–C) groups is 1. The Kier molecular flexibility index (Phi) is 3.78. The van der Waals surface area contributed by atoms with Gasteiger partial charge in [0.05, 0.1) is 0 Å². The minimum atomic E-state index is -0.192. The van der Waals surface area contributed by atoms with E-state index in [2.05, 4.69) is 10.3 Å². The predicted octanol–water partition coefficient (Wildman–Crippen LogP) is 2.69. The summed E-state index contributed by atoms with van der Waals surface area (Å²) in [5.74, 6) is 1.27. The first-order chi connectivity index (χ1) is 9.33. The highest BCUT2D eigenvalue weighted by Crippen LogP contribution is 2.28. The molecule has 1 saturated heterocycles. The van der Waals surface area contributed by atoms with Gasteiger partial charge in [-0.15, -0.1) is 0 Å². The summed E-state index contributed by atoms with van der Waals surface area (Å²) in [6, 6.07) is 6.65. The molecule has 0 aromatic heterocycles. The molecule has 2 aliphatic heterocycles. The SMILES string of the molecule is Fc1ccccc1C1COC(CC2CCNCC2)=N1. The van der Waals surface area contributed by atoms with Crippen molar-refractivity contribution in [2.75, 3.05) is 19.7 Å². The molecule has 0 bridgehead atoms. The summed E-state index contributed by atoms with van der Waals surface area (Å²) in [5.41, 5.74) is 0.641. The topological polar surface area (TPSA) is 33.6 Å². The lowest BCUT2D eigenvalue weighted by Crippen LogP contribution is -2.28. The first-order valence-corrected chi connectivity index (χ1v) is 6.97. The largest absolute Gasteiger partial charge is 0.478 e. The standard InChI is InChI=1S/C15H19FN2O/c16-13-4-2-1-3-12(13)14-10-19-15(18-14)9-11-5-7-17-8-6-11/h1-4,11,14,17H,5-10H2. The maximum absolute atomic E-state index is 13.7. The summed E-state index contributed by atoms with van der Waals surface area (Å²) in [6.45, 7) is 2.63. The van der Waals surface area contributed by atoms with Gasteiger partial charge in [0, 0.05) is 12.0 Å². The molecule has 1 atom stereocenters. The van der Waals surface area contributed by atoms with Crippen LogP contribution in [0.1, 0.15) is 30.9 Å². The lowest BCUT2D eigenvalue weighted by molar-refractivity contribution is 0.292. The van der Waals surface area contributed by atoms with Crippen LogP contribution in [0.25, 0.3) is 0 Å². The summed E-state index contributed by atoms with van der Waals surface area (Å²) < 4.78 is 19.3. The zero-order valence-corrected chi connectivity index (χ0v) is 10.9. The molecule has 2 aliphatic rings. The van der Waals surface area contributed by atoms with Gasteiger partial charge in [-0.1, -0.05) is 18.2 Å². The van der Waals surface area contributed by atoms with E-state index in [4.69, 9.17) is 4.74 Å². The quantitative estimate of drug-likeness (QED) is 0.908. The highest BCUT2D eigenvalue weighted by Gasteiger charge is 2.25. The van der Waals surface area contributed by atoms with E-state index < -0.39 is 0 Å². The molecule has 3 nitrogen and oxygen atoms in total. The average Bonchev–Trinajstić information content (AvgIpc) is 2.89. The number of ether oxygens (including phenoxy) is 1. The van der Waals surface area contributed by atoms with Crippen LogP contribution in [0.5, 0.6) is 0 Å². The lowest BCUT2D eigenvalue weighted by atomic mass is 9.95. The highest BCUT2D eigenvalue weighted by molar-refractivity contribution is 5.78. The van der Waals surface area contributed by atoms with Crippen LogP contribution >= 0.6 is 0 Å². The Morgan fingerprint density at radius 2 is 2.05 bits per heavy atom. The van der Waals surface area contributed by atoms with Gasteiger partial charge in [-0.3, -0.25) is 0 Å². The fraction of sp³-hybridized carbons (Fsp3) is 0.533. The molecule has 1 unspecified atom stereocenters. The zero-order chi connectivity index (χ0) is 13.1. The summed E-state index contributed by atoms with van der Waals surface area (Å²) in [6.07, 6.45) is 3.24. The molecule has 0 radical (unpaired) electrons. The smallest absolute Gasteiger partial charge is 0.184 e. The monoisotopic (exact) mass is 262 g/mol. The normalized spacial score (nSPS) is 24.1. The van der Waals surface area contributed by atoms with Gasteiger partial charge in [-0.2, -0.15) is 0 Å². The average molecular weight is 262 g/mol. The number of nitrogens with one attached hydrogen (secondary N) is 1. The van der Waals surface area contributed by atoms with Gasteiger partial charge in [0.2, 0.25) is 0 Å². The lowest BCUT2D eigenvalue weighted by Gasteiger charge is -2.21. The first kappa shape index (κ1) is 12.6. The third-order valence-corrected chi connectivity index (χ3v) is 3.89. The molecule has 4 heteroatoms. The molecule has 0 spiro atoms. The molecule has 0 aliphatic carbocycles. The van der Waals surface area contributed by atoms with Crippen LogP contribution in [-0.2, 0) is 4.74 Å². The van der Waals surface area contributed by atoms with Gasteiger partial charge in [0.25, 0.3) is 0 Å². The molecular weight excluding hydrogens is 243 g/mol. The van der Waals surface area contributed by atoms with Crippen molar-refractivity contribution < 1.29 is 9.13 Å². The Balaban J connectivity index is 1.65. The van der Waals surface area contributed by atoms with E-state index in [1.165, 1.54) is 18.9 Å². The molecular formula is C15H19FN2O.